The number of anilines is 1. The Morgan fingerprint density at radius 1 is 1.05 bits per heavy atom. The molecule has 4 rings (SSSR count). The normalized spacial score (nSPS) is 11.2. The first-order valence-electron chi connectivity index (χ1n) is 6.58. The topological polar surface area (TPSA) is 70.8 Å². The van der Waals surface area contributed by atoms with Gasteiger partial charge in [0.1, 0.15) is 12.0 Å². The number of para-hydroxylation sites is 3. The Balaban J connectivity index is 2.09. The molecule has 0 amide bonds. The highest BCUT2D eigenvalue weighted by atomic mass is 16.5. The standard InChI is InChI=1S/C16H12N4O/c17-16-11-5-1-3-7-13(11)20(21)9-15(16)19-10-18-12-6-2-4-8-14(12)19/h1-10H,17H2. The molecule has 2 aromatic heterocycles. The maximum Gasteiger partial charge on any atom is 0.225 e. The van der Waals surface area contributed by atoms with Crippen LogP contribution in [0.4, 0.5) is 5.69 Å². The van der Waals surface area contributed by atoms with E-state index in [0.717, 1.165) is 21.2 Å². The number of nitrogens with two attached hydrogens (primary N) is 1. The monoisotopic (exact) mass is 276 g/mol. The predicted octanol–water partition coefficient (Wildman–Crippen LogP) is 2.39. The van der Waals surface area contributed by atoms with E-state index in [1.807, 2.05) is 47.0 Å². The van der Waals surface area contributed by atoms with Crippen molar-refractivity contribution < 1.29 is 4.73 Å². The van der Waals surface area contributed by atoms with E-state index in [4.69, 9.17) is 5.73 Å². The summed E-state index contributed by atoms with van der Waals surface area (Å²) in [5.41, 5.74) is 9.81. The molecule has 2 N–H and O–H groups in total. The number of benzene rings is 2. The molecule has 2 heterocycles. The van der Waals surface area contributed by atoms with Crippen LogP contribution in [0.2, 0.25) is 0 Å². The van der Waals surface area contributed by atoms with Crippen LogP contribution < -0.4 is 10.5 Å². The van der Waals surface area contributed by atoms with Crippen molar-refractivity contribution in [1.82, 2.24) is 9.55 Å². The number of rotatable bonds is 1. The zero-order valence-corrected chi connectivity index (χ0v) is 11.1. The lowest BCUT2D eigenvalue weighted by Crippen LogP contribution is -2.28. The molecule has 4 aromatic rings. The third-order valence-electron chi connectivity index (χ3n) is 3.66. The van der Waals surface area contributed by atoms with E-state index in [1.54, 1.807) is 12.4 Å². The molecule has 102 valence electrons. The summed E-state index contributed by atoms with van der Waals surface area (Å²) >= 11 is 0. The third kappa shape index (κ3) is 1.64. The molecule has 5 nitrogen and oxygen atoms in total. The molecule has 0 spiro atoms. The van der Waals surface area contributed by atoms with Crippen molar-refractivity contribution in [3.05, 3.63) is 66.3 Å². The Hall–Kier alpha value is -3.08. The van der Waals surface area contributed by atoms with E-state index in [1.165, 1.54) is 6.20 Å². The molecule has 21 heavy (non-hydrogen) atoms. The van der Waals surface area contributed by atoms with Gasteiger partial charge in [-0.1, -0.05) is 24.3 Å². The van der Waals surface area contributed by atoms with Crippen LogP contribution in [0.15, 0.2) is 61.1 Å². The van der Waals surface area contributed by atoms with Crippen molar-refractivity contribution in [3.8, 4) is 5.69 Å². The van der Waals surface area contributed by atoms with Gasteiger partial charge in [0.15, 0.2) is 0 Å². The smallest absolute Gasteiger partial charge is 0.225 e. The van der Waals surface area contributed by atoms with E-state index >= 15 is 0 Å². The predicted molar refractivity (Wildman–Crippen MR) is 81.9 cm³/mol. The second-order valence-electron chi connectivity index (χ2n) is 4.87. The van der Waals surface area contributed by atoms with Gasteiger partial charge in [0.2, 0.25) is 11.7 Å². The number of pyridine rings is 1. The average Bonchev–Trinajstić information content (AvgIpc) is 2.95. The Bertz CT molecular complexity index is 975. The fourth-order valence-corrected chi connectivity index (χ4v) is 2.62. The maximum atomic E-state index is 12.2. The molecule has 2 aromatic carbocycles. The zero-order valence-electron chi connectivity index (χ0n) is 11.1. The van der Waals surface area contributed by atoms with E-state index in [0.29, 0.717) is 16.9 Å². The number of hydrogen-bond acceptors (Lipinski definition) is 3. The minimum Gasteiger partial charge on any atom is -0.618 e. The molecule has 0 aliphatic heterocycles. The molecule has 0 unspecified atom stereocenters. The van der Waals surface area contributed by atoms with Crippen LogP contribution in [0, 0.1) is 5.21 Å². The van der Waals surface area contributed by atoms with E-state index < -0.39 is 0 Å². The van der Waals surface area contributed by atoms with Crippen molar-refractivity contribution >= 4 is 27.6 Å². The SMILES string of the molecule is Nc1c(-n2cnc3ccccc32)c[n+]([O-])c2ccccc12. The Morgan fingerprint density at radius 3 is 2.71 bits per heavy atom. The van der Waals surface area contributed by atoms with Crippen LogP contribution in [0.1, 0.15) is 0 Å². The molecule has 5 heteroatoms. The molecule has 0 atom stereocenters. The summed E-state index contributed by atoms with van der Waals surface area (Å²) in [5, 5.41) is 12.9. The highest BCUT2D eigenvalue weighted by Gasteiger charge is 2.15. The number of aromatic nitrogens is 3. The molecule has 0 saturated carbocycles. The Morgan fingerprint density at radius 2 is 1.81 bits per heavy atom. The van der Waals surface area contributed by atoms with Crippen LogP contribution in [0.3, 0.4) is 0 Å². The van der Waals surface area contributed by atoms with Gasteiger partial charge in [0.05, 0.1) is 22.1 Å². The van der Waals surface area contributed by atoms with E-state index in [9.17, 15) is 5.21 Å². The van der Waals surface area contributed by atoms with Crippen LogP contribution in [0.5, 0.6) is 0 Å². The highest BCUT2D eigenvalue weighted by molar-refractivity contribution is 5.93. The lowest BCUT2D eigenvalue weighted by molar-refractivity contribution is -0.576. The van der Waals surface area contributed by atoms with Crippen LogP contribution in [0.25, 0.3) is 27.6 Å². The summed E-state index contributed by atoms with van der Waals surface area (Å²) in [5.74, 6) is 0. The Kier molecular flexibility index (Phi) is 2.35. The minimum atomic E-state index is 0.558. The van der Waals surface area contributed by atoms with Gasteiger partial charge in [0.25, 0.3) is 0 Å². The van der Waals surface area contributed by atoms with Gasteiger partial charge >= 0.3 is 0 Å². The summed E-state index contributed by atoms with van der Waals surface area (Å²) in [7, 11) is 0. The van der Waals surface area contributed by atoms with Gasteiger partial charge in [-0.05, 0) is 18.2 Å². The Labute approximate surface area is 120 Å². The number of fused-ring (bicyclic) bond motifs is 2. The quantitative estimate of drug-likeness (QED) is 0.428. The molecule has 0 radical (unpaired) electrons. The maximum absolute atomic E-state index is 12.2. The lowest BCUT2D eigenvalue weighted by atomic mass is 10.1. The van der Waals surface area contributed by atoms with Gasteiger partial charge in [0, 0.05) is 6.07 Å². The number of nitrogen functional groups attached to an aromatic ring is 1. The molecule has 0 bridgehead atoms. The third-order valence-corrected chi connectivity index (χ3v) is 3.66. The zero-order chi connectivity index (χ0) is 14.4. The minimum absolute atomic E-state index is 0.558. The van der Waals surface area contributed by atoms with Crippen molar-refractivity contribution in [2.24, 2.45) is 0 Å². The van der Waals surface area contributed by atoms with Crippen molar-refractivity contribution in [2.75, 3.05) is 5.73 Å². The summed E-state index contributed by atoms with van der Waals surface area (Å²) < 4.78 is 2.68. The largest absolute Gasteiger partial charge is 0.618 e. The molecule has 0 fully saturated rings. The first-order chi connectivity index (χ1) is 10.3. The fraction of sp³-hybridized carbons (Fsp3) is 0. The molecule has 0 aliphatic carbocycles. The van der Waals surface area contributed by atoms with Crippen molar-refractivity contribution in [3.63, 3.8) is 0 Å². The van der Waals surface area contributed by atoms with E-state index in [2.05, 4.69) is 4.98 Å². The first-order valence-corrected chi connectivity index (χ1v) is 6.58. The number of imidazole rings is 1. The average molecular weight is 276 g/mol. The lowest BCUT2D eigenvalue weighted by Gasteiger charge is -2.10. The number of hydrogen-bond donors (Lipinski definition) is 1. The van der Waals surface area contributed by atoms with Crippen molar-refractivity contribution in [1.29, 1.82) is 0 Å². The molecule has 0 saturated heterocycles. The summed E-state index contributed by atoms with van der Waals surface area (Å²) in [6.07, 6.45) is 3.18. The first kappa shape index (κ1) is 11.7. The number of nitrogens with zero attached hydrogens (tertiary/aromatic N) is 3. The fourth-order valence-electron chi connectivity index (χ4n) is 2.62. The van der Waals surface area contributed by atoms with Crippen LogP contribution in [-0.2, 0) is 0 Å². The summed E-state index contributed by atoms with van der Waals surface area (Å²) in [6.45, 7) is 0. The van der Waals surface area contributed by atoms with Gasteiger partial charge in [-0.3, -0.25) is 4.57 Å². The summed E-state index contributed by atoms with van der Waals surface area (Å²) in [4.78, 5) is 4.34. The van der Waals surface area contributed by atoms with Gasteiger partial charge < -0.3 is 10.9 Å². The second kappa shape index (κ2) is 4.21. The van der Waals surface area contributed by atoms with Crippen LogP contribution in [-0.4, -0.2) is 9.55 Å². The summed E-state index contributed by atoms with van der Waals surface area (Å²) in [6, 6.07) is 15.0. The van der Waals surface area contributed by atoms with Crippen molar-refractivity contribution in [2.45, 2.75) is 0 Å². The molecule has 0 aliphatic rings. The molecular formula is C16H12N4O. The highest BCUT2D eigenvalue weighted by Crippen LogP contribution is 2.27. The second-order valence-corrected chi connectivity index (χ2v) is 4.87. The molecular weight excluding hydrogens is 264 g/mol. The van der Waals surface area contributed by atoms with Gasteiger partial charge in [-0.25, -0.2) is 4.98 Å². The van der Waals surface area contributed by atoms with Gasteiger partial charge in [-0.15, -0.1) is 0 Å². The van der Waals surface area contributed by atoms with E-state index in [-0.39, 0.29) is 0 Å². The van der Waals surface area contributed by atoms with Gasteiger partial charge in [-0.2, -0.15) is 4.73 Å². The van der Waals surface area contributed by atoms with Crippen LogP contribution >= 0.6 is 0 Å².